The van der Waals surface area contributed by atoms with E-state index in [-0.39, 0.29) is 6.54 Å². The number of ether oxygens (including phenoxy) is 1. The number of amides is 2. The van der Waals surface area contributed by atoms with Gasteiger partial charge in [-0.05, 0) is 30.0 Å². The smallest absolute Gasteiger partial charge is 0.409 e. The molecule has 1 rings (SSSR count). The molecule has 25 heavy (non-hydrogen) atoms. The number of carbonyl (C=O) groups excluding carboxylic acids is 3. The molecule has 7 heteroatoms. The zero-order chi connectivity index (χ0) is 19.0. The number of benzene rings is 1. The van der Waals surface area contributed by atoms with E-state index in [1.807, 2.05) is 12.1 Å². The fourth-order valence-electron chi connectivity index (χ4n) is 2.17. The van der Waals surface area contributed by atoms with Gasteiger partial charge in [-0.2, -0.15) is 5.26 Å². The van der Waals surface area contributed by atoms with Crippen molar-refractivity contribution in [2.24, 2.45) is 5.92 Å². The molecule has 0 aliphatic heterocycles. The Bertz CT molecular complexity index is 664. The molecule has 2 amide bonds. The van der Waals surface area contributed by atoms with Crippen LogP contribution in [-0.2, 0) is 14.3 Å². The number of likely N-dealkylation sites (N-methyl/N-ethyl adjacent to an activating group) is 1. The zero-order valence-electron chi connectivity index (χ0n) is 14.9. The molecule has 0 radical (unpaired) electrons. The van der Waals surface area contributed by atoms with Gasteiger partial charge in [-0.15, -0.1) is 0 Å². The third kappa shape index (κ3) is 5.60. The maximum absolute atomic E-state index is 12.2. The first-order valence-electron chi connectivity index (χ1n) is 7.96. The van der Waals surface area contributed by atoms with Crippen LogP contribution >= 0.6 is 0 Å². The second-order valence-electron chi connectivity index (χ2n) is 5.78. The van der Waals surface area contributed by atoms with E-state index >= 15 is 0 Å². The number of nitrogens with one attached hydrogen (secondary N) is 1. The van der Waals surface area contributed by atoms with Gasteiger partial charge in [0.1, 0.15) is 0 Å². The highest BCUT2D eigenvalue weighted by Gasteiger charge is 2.28. The van der Waals surface area contributed by atoms with Gasteiger partial charge in [0.2, 0.25) is 5.91 Å². The Labute approximate surface area is 147 Å². The van der Waals surface area contributed by atoms with Crippen molar-refractivity contribution in [3.8, 4) is 6.07 Å². The van der Waals surface area contributed by atoms with Crippen molar-refractivity contribution in [2.45, 2.75) is 26.2 Å². The first-order chi connectivity index (χ1) is 11.8. The fourth-order valence-corrected chi connectivity index (χ4v) is 2.17. The standard InChI is InChI=1S/C18H23N3O4/c1-5-12(2)13-6-8-14(9-7-13)20-17(23)15(10-19)16(22)11-21(3)18(24)25-4/h6-9,12,15H,5,11H2,1-4H3,(H,20,23)/t12-,15+/m1/s1. The molecule has 1 N–H and O–H groups in total. The van der Waals surface area contributed by atoms with Gasteiger partial charge in [-0.1, -0.05) is 26.0 Å². The minimum atomic E-state index is -1.50. The second kappa shape index (κ2) is 9.42. The zero-order valence-corrected chi connectivity index (χ0v) is 14.9. The summed E-state index contributed by atoms with van der Waals surface area (Å²) >= 11 is 0. The molecule has 0 fully saturated rings. The molecule has 0 bridgehead atoms. The number of nitriles is 1. The second-order valence-corrected chi connectivity index (χ2v) is 5.78. The first-order valence-corrected chi connectivity index (χ1v) is 7.96. The Kier molecular flexibility index (Phi) is 7.60. The number of ketones is 1. The molecular weight excluding hydrogens is 322 g/mol. The number of nitrogens with zero attached hydrogens (tertiary/aromatic N) is 2. The highest BCUT2D eigenvalue weighted by molar-refractivity contribution is 6.10. The van der Waals surface area contributed by atoms with Crippen molar-refractivity contribution < 1.29 is 19.1 Å². The number of anilines is 1. The van der Waals surface area contributed by atoms with Crippen molar-refractivity contribution in [1.82, 2.24) is 4.90 Å². The summed E-state index contributed by atoms with van der Waals surface area (Å²) in [6, 6.07) is 8.95. The fraction of sp³-hybridized carbons (Fsp3) is 0.444. The van der Waals surface area contributed by atoms with E-state index in [1.54, 1.807) is 18.2 Å². The van der Waals surface area contributed by atoms with E-state index in [0.29, 0.717) is 11.6 Å². The van der Waals surface area contributed by atoms with Crippen LogP contribution in [0.4, 0.5) is 10.5 Å². The largest absolute Gasteiger partial charge is 0.453 e. The lowest BCUT2D eigenvalue weighted by molar-refractivity contribution is -0.129. The van der Waals surface area contributed by atoms with Gasteiger partial charge in [0.25, 0.3) is 0 Å². The van der Waals surface area contributed by atoms with Gasteiger partial charge in [-0.3, -0.25) is 9.59 Å². The summed E-state index contributed by atoms with van der Waals surface area (Å²) in [4.78, 5) is 36.6. The molecule has 0 spiro atoms. The lowest BCUT2D eigenvalue weighted by atomic mass is 9.98. The van der Waals surface area contributed by atoms with Crippen molar-refractivity contribution in [2.75, 3.05) is 26.0 Å². The third-order valence-electron chi connectivity index (χ3n) is 3.95. The molecule has 0 heterocycles. The third-order valence-corrected chi connectivity index (χ3v) is 3.95. The molecular formula is C18H23N3O4. The molecule has 0 aliphatic rings. The van der Waals surface area contributed by atoms with E-state index in [1.165, 1.54) is 14.2 Å². The molecule has 1 aromatic carbocycles. The van der Waals surface area contributed by atoms with E-state index in [2.05, 4.69) is 23.9 Å². The highest BCUT2D eigenvalue weighted by Crippen LogP contribution is 2.20. The summed E-state index contributed by atoms with van der Waals surface area (Å²) in [6.45, 7) is 3.82. The van der Waals surface area contributed by atoms with Crippen LogP contribution in [0.1, 0.15) is 31.7 Å². The molecule has 7 nitrogen and oxygen atoms in total. The van der Waals surface area contributed by atoms with Gasteiger partial charge >= 0.3 is 6.09 Å². The van der Waals surface area contributed by atoms with Crippen molar-refractivity contribution in [3.63, 3.8) is 0 Å². The quantitative estimate of drug-likeness (QED) is 0.766. The van der Waals surface area contributed by atoms with Crippen molar-refractivity contribution in [3.05, 3.63) is 29.8 Å². The van der Waals surface area contributed by atoms with Gasteiger partial charge < -0.3 is 15.0 Å². The van der Waals surface area contributed by atoms with E-state index < -0.39 is 23.7 Å². The predicted octanol–water partition coefficient (Wildman–Crippen LogP) is 2.55. The Hall–Kier alpha value is -2.88. The summed E-state index contributed by atoms with van der Waals surface area (Å²) in [5.74, 6) is -2.49. The normalized spacial score (nSPS) is 12.4. The minimum Gasteiger partial charge on any atom is -0.453 e. The molecule has 0 saturated carbocycles. The topological polar surface area (TPSA) is 99.5 Å². The highest BCUT2D eigenvalue weighted by atomic mass is 16.5. The minimum absolute atomic E-state index is 0.384. The van der Waals surface area contributed by atoms with E-state index in [0.717, 1.165) is 16.9 Å². The van der Waals surface area contributed by atoms with Crippen LogP contribution in [0.25, 0.3) is 0 Å². The maximum Gasteiger partial charge on any atom is 0.409 e. The molecule has 2 atom stereocenters. The number of hydrogen-bond acceptors (Lipinski definition) is 5. The lowest BCUT2D eigenvalue weighted by Crippen LogP contribution is -2.38. The number of methoxy groups -OCH3 is 1. The molecule has 0 saturated heterocycles. The lowest BCUT2D eigenvalue weighted by Gasteiger charge is -2.16. The van der Waals surface area contributed by atoms with Crippen LogP contribution in [0, 0.1) is 17.2 Å². The maximum atomic E-state index is 12.2. The molecule has 0 aromatic heterocycles. The van der Waals surface area contributed by atoms with E-state index in [9.17, 15) is 14.4 Å². The average Bonchev–Trinajstić information content (AvgIpc) is 2.61. The predicted molar refractivity (Wildman–Crippen MR) is 92.9 cm³/mol. The summed E-state index contributed by atoms with van der Waals surface area (Å²) < 4.78 is 4.47. The average molecular weight is 345 g/mol. The van der Waals surface area contributed by atoms with Gasteiger partial charge in [0.05, 0.1) is 19.7 Å². The molecule has 134 valence electrons. The Morgan fingerprint density at radius 2 is 1.88 bits per heavy atom. The number of Topliss-reactive ketones (excluding diaryl/α,β-unsaturated/α-hetero) is 1. The van der Waals surface area contributed by atoms with E-state index in [4.69, 9.17) is 5.26 Å². The molecule has 0 unspecified atom stereocenters. The Morgan fingerprint density at radius 3 is 2.36 bits per heavy atom. The molecule has 1 aromatic rings. The van der Waals surface area contributed by atoms with Crippen LogP contribution in [0.3, 0.4) is 0 Å². The summed E-state index contributed by atoms with van der Waals surface area (Å²) in [7, 11) is 2.53. The van der Waals surface area contributed by atoms with Crippen LogP contribution < -0.4 is 5.32 Å². The van der Waals surface area contributed by atoms with Gasteiger partial charge in [0.15, 0.2) is 11.7 Å². The Morgan fingerprint density at radius 1 is 1.28 bits per heavy atom. The molecule has 0 aliphatic carbocycles. The van der Waals surface area contributed by atoms with Crippen LogP contribution in [0.5, 0.6) is 0 Å². The van der Waals surface area contributed by atoms with Crippen LogP contribution in [0.2, 0.25) is 0 Å². The SMILES string of the molecule is CC[C@@H](C)c1ccc(NC(=O)[C@@H](C#N)C(=O)CN(C)C(=O)OC)cc1. The van der Waals surface area contributed by atoms with Gasteiger partial charge in [-0.25, -0.2) is 4.79 Å². The first kappa shape index (κ1) is 20.2. The summed E-state index contributed by atoms with van der Waals surface area (Å²) in [6.07, 6.45) is 0.288. The van der Waals surface area contributed by atoms with Crippen LogP contribution in [-0.4, -0.2) is 43.4 Å². The number of rotatable bonds is 7. The van der Waals surface area contributed by atoms with Crippen molar-refractivity contribution >= 4 is 23.5 Å². The monoisotopic (exact) mass is 345 g/mol. The number of hydrogen-bond donors (Lipinski definition) is 1. The Balaban J connectivity index is 2.74. The summed E-state index contributed by atoms with van der Waals surface area (Å²) in [5, 5.41) is 11.7. The van der Waals surface area contributed by atoms with Crippen LogP contribution in [0.15, 0.2) is 24.3 Å². The summed E-state index contributed by atoms with van der Waals surface area (Å²) in [5.41, 5.74) is 1.65. The van der Waals surface area contributed by atoms with Gasteiger partial charge in [0, 0.05) is 12.7 Å². The van der Waals surface area contributed by atoms with Crippen molar-refractivity contribution in [1.29, 1.82) is 5.26 Å². The number of carbonyl (C=O) groups is 3.